The van der Waals surface area contributed by atoms with Crippen molar-refractivity contribution >= 4 is 5.97 Å². The van der Waals surface area contributed by atoms with Gasteiger partial charge in [-0.3, -0.25) is 4.79 Å². The molecule has 1 aliphatic rings. The van der Waals surface area contributed by atoms with Crippen LogP contribution in [0.25, 0.3) is 0 Å². The highest BCUT2D eigenvalue weighted by Gasteiger charge is 2.20. The second-order valence-electron chi connectivity index (χ2n) is 4.22. The first-order chi connectivity index (χ1) is 7.74. The normalized spacial score (nSPS) is 19.2. The number of hydrogen-bond acceptors (Lipinski definition) is 3. The molecule has 1 atom stereocenters. The molecule has 1 aromatic rings. The van der Waals surface area contributed by atoms with Crippen LogP contribution >= 0.6 is 0 Å². The van der Waals surface area contributed by atoms with Gasteiger partial charge in [-0.05, 0) is 37.4 Å². The van der Waals surface area contributed by atoms with Crippen LogP contribution in [0.2, 0.25) is 0 Å². The van der Waals surface area contributed by atoms with E-state index in [2.05, 4.69) is 22.4 Å². The van der Waals surface area contributed by atoms with Crippen LogP contribution < -0.4 is 5.32 Å². The molecule has 0 radical (unpaired) electrons. The van der Waals surface area contributed by atoms with Crippen LogP contribution in [-0.4, -0.2) is 24.7 Å². The molecule has 0 aliphatic heterocycles. The molecule has 0 saturated heterocycles. The van der Waals surface area contributed by atoms with Crippen LogP contribution in [0.5, 0.6) is 0 Å². The maximum Gasteiger partial charge on any atom is 0.325 e. The number of carbonyl (C=O) groups is 1. The highest BCUT2D eigenvalue weighted by Crippen LogP contribution is 2.29. The Morgan fingerprint density at radius 3 is 3.12 bits per heavy atom. The fourth-order valence-corrected chi connectivity index (χ4v) is 2.35. The lowest BCUT2D eigenvalue weighted by Gasteiger charge is -2.21. The van der Waals surface area contributed by atoms with E-state index in [0.717, 1.165) is 6.42 Å². The summed E-state index contributed by atoms with van der Waals surface area (Å²) in [7, 11) is 3.40. The Labute approximate surface area is 95.6 Å². The second kappa shape index (κ2) is 4.70. The summed E-state index contributed by atoms with van der Waals surface area (Å²) in [5.41, 5.74) is 2.69. The summed E-state index contributed by atoms with van der Waals surface area (Å²) in [4.78, 5) is 11.2. The standard InChI is InChI=1S/C12H18N2O2/c1-13-11-5-3-4-9-6-14(7-10(9)11)8-12(15)16-2/h6-7,11,13H,3-5,8H2,1-2H3. The lowest BCUT2D eigenvalue weighted by Crippen LogP contribution is -2.20. The lowest BCUT2D eigenvalue weighted by atomic mass is 9.91. The first kappa shape index (κ1) is 11.2. The van der Waals surface area contributed by atoms with E-state index in [-0.39, 0.29) is 5.97 Å². The fourth-order valence-electron chi connectivity index (χ4n) is 2.35. The van der Waals surface area contributed by atoms with Crippen molar-refractivity contribution in [2.24, 2.45) is 0 Å². The van der Waals surface area contributed by atoms with Gasteiger partial charge in [-0.25, -0.2) is 0 Å². The summed E-state index contributed by atoms with van der Waals surface area (Å²) in [6.45, 7) is 0.305. The number of aryl methyl sites for hydroxylation is 1. The number of nitrogens with one attached hydrogen (secondary N) is 1. The molecule has 1 unspecified atom stereocenters. The minimum atomic E-state index is -0.201. The first-order valence-electron chi connectivity index (χ1n) is 5.67. The van der Waals surface area contributed by atoms with Crippen LogP contribution in [-0.2, 0) is 22.5 Å². The molecule has 0 fully saturated rings. The van der Waals surface area contributed by atoms with E-state index < -0.39 is 0 Å². The van der Waals surface area contributed by atoms with E-state index in [9.17, 15) is 4.79 Å². The predicted molar refractivity (Wildman–Crippen MR) is 61.2 cm³/mol. The zero-order valence-corrected chi connectivity index (χ0v) is 9.82. The average Bonchev–Trinajstić information content (AvgIpc) is 2.70. The average molecular weight is 222 g/mol. The minimum Gasteiger partial charge on any atom is -0.468 e. The monoisotopic (exact) mass is 222 g/mol. The Morgan fingerprint density at radius 1 is 1.62 bits per heavy atom. The van der Waals surface area contributed by atoms with Gasteiger partial charge < -0.3 is 14.6 Å². The third-order valence-corrected chi connectivity index (χ3v) is 3.20. The lowest BCUT2D eigenvalue weighted by molar-refractivity contribution is -0.141. The van der Waals surface area contributed by atoms with Gasteiger partial charge in [-0.2, -0.15) is 0 Å². The number of aromatic nitrogens is 1. The van der Waals surface area contributed by atoms with Crippen molar-refractivity contribution in [2.45, 2.75) is 31.8 Å². The van der Waals surface area contributed by atoms with Crippen LogP contribution in [0, 0.1) is 0 Å². The largest absolute Gasteiger partial charge is 0.468 e. The van der Waals surface area contributed by atoms with Crippen LogP contribution in [0.4, 0.5) is 0 Å². The van der Waals surface area contributed by atoms with Crippen molar-refractivity contribution in [3.05, 3.63) is 23.5 Å². The van der Waals surface area contributed by atoms with Gasteiger partial charge in [0.25, 0.3) is 0 Å². The van der Waals surface area contributed by atoms with Gasteiger partial charge in [-0.1, -0.05) is 0 Å². The predicted octanol–water partition coefficient (Wildman–Crippen LogP) is 1.26. The van der Waals surface area contributed by atoms with E-state index in [1.54, 1.807) is 0 Å². The number of ether oxygens (including phenoxy) is 1. The van der Waals surface area contributed by atoms with E-state index in [1.807, 2.05) is 11.6 Å². The molecule has 0 saturated carbocycles. The minimum absolute atomic E-state index is 0.201. The molecule has 88 valence electrons. The highest BCUT2D eigenvalue weighted by molar-refractivity contribution is 5.69. The molecule has 1 aromatic heterocycles. The number of carbonyl (C=O) groups excluding carboxylic acids is 1. The number of hydrogen-bond donors (Lipinski definition) is 1. The summed E-state index contributed by atoms with van der Waals surface area (Å²) in [5, 5.41) is 3.31. The molecule has 2 rings (SSSR count). The van der Waals surface area contributed by atoms with Crippen molar-refractivity contribution in [2.75, 3.05) is 14.2 Å². The Morgan fingerprint density at radius 2 is 2.44 bits per heavy atom. The molecule has 0 bridgehead atoms. The van der Waals surface area contributed by atoms with E-state index >= 15 is 0 Å². The topological polar surface area (TPSA) is 43.3 Å². The van der Waals surface area contributed by atoms with Crippen LogP contribution in [0.1, 0.15) is 30.0 Å². The highest BCUT2D eigenvalue weighted by atomic mass is 16.5. The van der Waals surface area contributed by atoms with Gasteiger partial charge in [0.15, 0.2) is 0 Å². The van der Waals surface area contributed by atoms with Crippen molar-refractivity contribution in [3.8, 4) is 0 Å². The van der Waals surface area contributed by atoms with Crippen molar-refractivity contribution in [3.63, 3.8) is 0 Å². The first-order valence-corrected chi connectivity index (χ1v) is 5.67. The molecular weight excluding hydrogens is 204 g/mol. The summed E-state index contributed by atoms with van der Waals surface area (Å²) in [6, 6.07) is 0.433. The quantitative estimate of drug-likeness (QED) is 0.783. The molecular formula is C12H18N2O2. The van der Waals surface area contributed by atoms with Gasteiger partial charge in [0.2, 0.25) is 0 Å². The van der Waals surface area contributed by atoms with Gasteiger partial charge in [0.1, 0.15) is 6.54 Å². The van der Waals surface area contributed by atoms with E-state index in [0.29, 0.717) is 12.6 Å². The molecule has 1 heterocycles. The van der Waals surface area contributed by atoms with Crippen molar-refractivity contribution in [1.82, 2.24) is 9.88 Å². The number of rotatable bonds is 3. The fraction of sp³-hybridized carbons (Fsp3) is 0.583. The number of methoxy groups -OCH3 is 1. The Hall–Kier alpha value is -1.29. The molecule has 0 amide bonds. The molecule has 0 aromatic carbocycles. The summed E-state index contributed by atoms with van der Waals surface area (Å²) >= 11 is 0. The van der Waals surface area contributed by atoms with E-state index in [4.69, 9.17) is 0 Å². The third kappa shape index (κ3) is 2.11. The summed E-state index contributed by atoms with van der Waals surface area (Å²) in [5.74, 6) is -0.201. The molecule has 4 heteroatoms. The Balaban J connectivity index is 2.18. The van der Waals surface area contributed by atoms with Gasteiger partial charge in [0, 0.05) is 18.4 Å². The molecule has 1 N–H and O–H groups in total. The SMILES string of the molecule is CNC1CCCc2cn(CC(=O)OC)cc21. The molecule has 16 heavy (non-hydrogen) atoms. The zero-order chi connectivity index (χ0) is 11.5. The Kier molecular flexibility index (Phi) is 3.29. The van der Waals surface area contributed by atoms with Crippen LogP contribution in [0.15, 0.2) is 12.4 Å². The smallest absolute Gasteiger partial charge is 0.325 e. The van der Waals surface area contributed by atoms with Crippen LogP contribution in [0.3, 0.4) is 0 Å². The summed E-state index contributed by atoms with van der Waals surface area (Å²) in [6.07, 6.45) is 7.62. The summed E-state index contributed by atoms with van der Waals surface area (Å²) < 4.78 is 6.59. The van der Waals surface area contributed by atoms with Gasteiger partial charge >= 0.3 is 5.97 Å². The molecule has 0 spiro atoms. The zero-order valence-electron chi connectivity index (χ0n) is 9.82. The number of esters is 1. The van der Waals surface area contributed by atoms with Crippen molar-refractivity contribution in [1.29, 1.82) is 0 Å². The van der Waals surface area contributed by atoms with Crippen molar-refractivity contribution < 1.29 is 9.53 Å². The molecule has 4 nitrogen and oxygen atoms in total. The second-order valence-corrected chi connectivity index (χ2v) is 4.22. The number of nitrogens with zero attached hydrogens (tertiary/aromatic N) is 1. The third-order valence-electron chi connectivity index (χ3n) is 3.20. The number of fused-ring (bicyclic) bond motifs is 1. The molecule has 1 aliphatic carbocycles. The maximum atomic E-state index is 11.2. The maximum absolute atomic E-state index is 11.2. The van der Waals surface area contributed by atoms with E-state index in [1.165, 1.54) is 31.1 Å². The Bertz CT molecular complexity index is 384. The van der Waals surface area contributed by atoms with Gasteiger partial charge in [0.05, 0.1) is 7.11 Å². The van der Waals surface area contributed by atoms with Gasteiger partial charge in [-0.15, -0.1) is 0 Å².